The van der Waals surface area contributed by atoms with E-state index in [4.69, 9.17) is 11.6 Å². The Morgan fingerprint density at radius 2 is 2.11 bits per heavy atom. The fraction of sp³-hybridized carbons (Fsp3) is 0.143. The second kappa shape index (κ2) is 7.21. The minimum absolute atomic E-state index is 0.573. The monoisotopic (exact) mass is 373 g/mol. The second-order valence-electron chi connectivity index (χ2n) is 6.97. The molecule has 0 spiro atoms. The molecular formula is C21H23N7. The molecule has 3 heterocycles. The predicted molar refractivity (Wildman–Crippen MR) is 111 cm³/mol. The van der Waals surface area contributed by atoms with Gasteiger partial charge in [0.05, 0.1) is 18.4 Å². The Balaban J connectivity index is 1.62. The number of pyridine rings is 1. The summed E-state index contributed by atoms with van der Waals surface area (Å²) in [6.45, 7) is 2.64. The Morgan fingerprint density at radius 3 is 2.86 bits per heavy atom. The predicted octanol–water partition coefficient (Wildman–Crippen LogP) is 2.90. The zero-order valence-corrected chi connectivity index (χ0v) is 15.9. The number of aromatic nitrogens is 4. The van der Waals surface area contributed by atoms with Gasteiger partial charge < -0.3 is 15.7 Å². The molecule has 4 aromatic rings. The lowest BCUT2D eigenvalue weighted by Gasteiger charge is -2.15. The van der Waals surface area contributed by atoms with Crippen LogP contribution in [-0.4, -0.2) is 24.8 Å². The fourth-order valence-electron chi connectivity index (χ4n) is 3.29. The zero-order valence-electron chi connectivity index (χ0n) is 15.9. The van der Waals surface area contributed by atoms with Gasteiger partial charge >= 0.3 is 0 Å². The first-order valence-corrected chi connectivity index (χ1v) is 9.00. The van der Waals surface area contributed by atoms with Crippen molar-refractivity contribution < 1.29 is 0 Å². The van der Waals surface area contributed by atoms with E-state index in [0.717, 1.165) is 33.3 Å². The molecule has 4 rings (SSSR count). The quantitative estimate of drug-likeness (QED) is 0.369. The van der Waals surface area contributed by atoms with Crippen LogP contribution in [0.5, 0.6) is 0 Å². The summed E-state index contributed by atoms with van der Waals surface area (Å²) in [5.74, 6) is 6.17. The van der Waals surface area contributed by atoms with Crippen LogP contribution in [0.25, 0.3) is 27.9 Å². The summed E-state index contributed by atoms with van der Waals surface area (Å²) >= 11 is 0. The zero-order chi connectivity index (χ0) is 19.7. The molecule has 3 aromatic heterocycles. The molecule has 0 aliphatic carbocycles. The maximum Gasteiger partial charge on any atom is 0.137 e. The third-order valence-electron chi connectivity index (χ3n) is 4.63. The van der Waals surface area contributed by atoms with Crippen LogP contribution in [0.4, 0.5) is 0 Å². The summed E-state index contributed by atoms with van der Waals surface area (Å²) in [7, 11) is 1.89. The molecule has 0 atom stereocenters. The molecule has 0 bridgehead atoms. The number of nitrogens with two attached hydrogens (primary N) is 2. The average Bonchev–Trinajstić information content (AvgIpc) is 3.27. The van der Waals surface area contributed by atoms with Crippen LogP contribution in [0.2, 0.25) is 0 Å². The summed E-state index contributed by atoms with van der Waals surface area (Å²) in [6, 6.07) is 10.3. The van der Waals surface area contributed by atoms with Gasteiger partial charge in [0.25, 0.3) is 0 Å². The van der Waals surface area contributed by atoms with Crippen LogP contribution in [0.1, 0.15) is 16.7 Å². The second-order valence-corrected chi connectivity index (χ2v) is 6.97. The normalized spacial score (nSPS) is 11.9. The maximum absolute atomic E-state index is 6.36. The number of hydrogen-bond donors (Lipinski definition) is 3. The van der Waals surface area contributed by atoms with Crippen molar-refractivity contribution in [1.82, 2.24) is 24.8 Å². The van der Waals surface area contributed by atoms with E-state index in [1.807, 2.05) is 44.0 Å². The smallest absolute Gasteiger partial charge is 0.137 e. The number of hydrazine groups is 1. The lowest BCUT2D eigenvalue weighted by molar-refractivity contribution is 0.388. The van der Waals surface area contributed by atoms with Crippen LogP contribution >= 0.6 is 0 Å². The summed E-state index contributed by atoms with van der Waals surface area (Å²) in [4.78, 5) is 7.68. The van der Waals surface area contributed by atoms with Crippen molar-refractivity contribution in [2.24, 2.45) is 18.6 Å². The third kappa shape index (κ3) is 3.60. The Kier molecular flexibility index (Phi) is 4.58. The molecule has 0 amide bonds. The van der Waals surface area contributed by atoms with Gasteiger partial charge in [0, 0.05) is 53.9 Å². The van der Waals surface area contributed by atoms with Crippen LogP contribution in [0.3, 0.4) is 0 Å². The number of rotatable bonds is 5. The van der Waals surface area contributed by atoms with E-state index in [1.54, 1.807) is 15.9 Å². The first-order valence-electron chi connectivity index (χ1n) is 9.00. The van der Waals surface area contributed by atoms with Crippen molar-refractivity contribution in [3.63, 3.8) is 0 Å². The Bertz CT molecular complexity index is 1150. The fourth-order valence-corrected chi connectivity index (χ4v) is 3.29. The van der Waals surface area contributed by atoms with Gasteiger partial charge in [-0.05, 0) is 18.6 Å². The molecule has 7 heteroatoms. The molecule has 28 heavy (non-hydrogen) atoms. The first-order chi connectivity index (χ1) is 13.5. The van der Waals surface area contributed by atoms with E-state index in [2.05, 4.69) is 40.2 Å². The van der Waals surface area contributed by atoms with Crippen LogP contribution in [0, 0.1) is 6.92 Å². The molecular weight excluding hydrogens is 350 g/mol. The van der Waals surface area contributed by atoms with E-state index in [-0.39, 0.29) is 0 Å². The molecule has 0 radical (unpaired) electrons. The van der Waals surface area contributed by atoms with Crippen molar-refractivity contribution in [2.75, 3.05) is 0 Å². The van der Waals surface area contributed by atoms with Gasteiger partial charge in [0.2, 0.25) is 0 Å². The molecule has 142 valence electrons. The number of nitrogens with one attached hydrogen (secondary N) is 1. The maximum atomic E-state index is 6.36. The molecule has 1 aromatic carbocycles. The summed E-state index contributed by atoms with van der Waals surface area (Å²) in [5, 5.41) is 6.77. The number of hydrogen-bond acceptors (Lipinski definition) is 5. The summed E-state index contributed by atoms with van der Waals surface area (Å²) in [5.41, 5.74) is 12.9. The van der Waals surface area contributed by atoms with Crippen molar-refractivity contribution in [3.8, 4) is 11.1 Å². The van der Waals surface area contributed by atoms with Crippen LogP contribution < -0.4 is 11.6 Å². The number of nitrogens with zero attached hydrogens (tertiary/aromatic N) is 4. The highest BCUT2D eigenvalue weighted by molar-refractivity contribution is 5.92. The molecule has 0 fully saturated rings. The Labute approximate surface area is 163 Å². The van der Waals surface area contributed by atoms with Crippen molar-refractivity contribution in [3.05, 3.63) is 78.0 Å². The molecule has 0 aliphatic rings. The Morgan fingerprint density at radius 1 is 1.25 bits per heavy atom. The van der Waals surface area contributed by atoms with Gasteiger partial charge in [-0.3, -0.25) is 4.68 Å². The number of aryl methyl sites for hydroxylation is 2. The van der Waals surface area contributed by atoms with Crippen LogP contribution in [0.15, 0.2) is 61.3 Å². The lowest BCUT2D eigenvalue weighted by Crippen LogP contribution is -2.25. The van der Waals surface area contributed by atoms with Crippen molar-refractivity contribution in [1.29, 1.82) is 0 Å². The molecule has 0 saturated carbocycles. The SMILES string of the molecule is Cc1cccc(CN(N)/C=C(\N)c2c[nH]c3ncc(-c4cnn(C)c4)cc23)c1. The topological polar surface area (TPSA) is 102 Å². The van der Waals surface area contributed by atoms with E-state index in [1.165, 1.54) is 5.56 Å². The minimum Gasteiger partial charge on any atom is -0.397 e. The molecule has 0 saturated heterocycles. The van der Waals surface area contributed by atoms with E-state index < -0.39 is 0 Å². The summed E-state index contributed by atoms with van der Waals surface area (Å²) < 4.78 is 1.77. The average molecular weight is 373 g/mol. The minimum atomic E-state index is 0.573. The van der Waals surface area contributed by atoms with Gasteiger partial charge in [-0.1, -0.05) is 29.8 Å². The molecule has 0 aliphatic heterocycles. The highest BCUT2D eigenvalue weighted by Crippen LogP contribution is 2.26. The number of H-pyrrole nitrogens is 1. The van der Waals surface area contributed by atoms with Crippen LogP contribution in [-0.2, 0) is 13.6 Å². The number of fused-ring (bicyclic) bond motifs is 1. The van der Waals surface area contributed by atoms with Crippen molar-refractivity contribution in [2.45, 2.75) is 13.5 Å². The lowest BCUT2D eigenvalue weighted by atomic mass is 10.1. The van der Waals surface area contributed by atoms with E-state index in [0.29, 0.717) is 12.2 Å². The van der Waals surface area contributed by atoms with Gasteiger partial charge in [0.1, 0.15) is 5.65 Å². The first kappa shape index (κ1) is 17.8. The van der Waals surface area contributed by atoms with Crippen molar-refractivity contribution >= 4 is 16.7 Å². The largest absolute Gasteiger partial charge is 0.397 e. The number of aromatic amines is 1. The van der Waals surface area contributed by atoms with E-state index in [9.17, 15) is 0 Å². The molecule has 7 nitrogen and oxygen atoms in total. The standard InChI is InChI=1S/C21H23N7/c1-14-4-3-5-15(6-14)11-28(23)13-20(22)19-10-25-21-18(19)7-16(8-24-21)17-9-26-27(2)12-17/h3-10,12-13H,11,22-23H2,1-2H3,(H,24,25)/b20-13-. The number of benzene rings is 1. The summed E-state index contributed by atoms with van der Waals surface area (Å²) in [6.07, 6.45) is 9.21. The highest BCUT2D eigenvalue weighted by atomic mass is 15.4. The van der Waals surface area contributed by atoms with Gasteiger partial charge in [-0.15, -0.1) is 0 Å². The third-order valence-corrected chi connectivity index (χ3v) is 4.63. The molecule has 0 unspecified atom stereocenters. The van der Waals surface area contributed by atoms with E-state index >= 15 is 0 Å². The van der Waals surface area contributed by atoms with Gasteiger partial charge in [-0.25, -0.2) is 10.8 Å². The van der Waals surface area contributed by atoms with Gasteiger partial charge in [-0.2, -0.15) is 5.10 Å². The van der Waals surface area contributed by atoms with Gasteiger partial charge in [0.15, 0.2) is 0 Å². The Hall–Kier alpha value is -3.58. The molecule has 5 N–H and O–H groups in total. The highest BCUT2D eigenvalue weighted by Gasteiger charge is 2.11.